The fraction of sp³-hybridized carbons (Fsp3) is 0.524. The molecule has 2 fully saturated rings. The Balaban J connectivity index is 1.20. The summed E-state index contributed by atoms with van der Waals surface area (Å²) >= 11 is 0. The molecule has 0 saturated carbocycles. The fourth-order valence-corrected chi connectivity index (χ4v) is 4.19. The SMILES string of the molecule is c1ccc(CN2CCC(N3CCN(Cc4ccco4)CC3)CC2)cc1. The molecule has 4 heteroatoms. The highest BCUT2D eigenvalue weighted by molar-refractivity contribution is 5.14. The van der Waals surface area contributed by atoms with Gasteiger partial charge in [-0.25, -0.2) is 0 Å². The Morgan fingerprint density at radius 3 is 2.16 bits per heavy atom. The normalized spacial score (nSPS) is 21.6. The Kier molecular flexibility index (Phi) is 5.50. The number of piperidine rings is 1. The van der Waals surface area contributed by atoms with Crippen molar-refractivity contribution < 1.29 is 4.42 Å². The average Bonchev–Trinajstić information content (AvgIpc) is 3.17. The molecule has 1 aromatic heterocycles. The van der Waals surface area contributed by atoms with E-state index >= 15 is 0 Å². The van der Waals surface area contributed by atoms with Crippen molar-refractivity contribution in [2.45, 2.75) is 32.0 Å². The molecule has 2 aromatic rings. The van der Waals surface area contributed by atoms with Crippen LogP contribution in [0, 0.1) is 0 Å². The van der Waals surface area contributed by atoms with Crippen molar-refractivity contribution in [1.29, 1.82) is 0 Å². The number of likely N-dealkylation sites (tertiary alicyclic amines) is 1. The third-order valence-corrected chi connectivity index (χ3v) is 5.69. The minimum Gasteiger partial charge on any atom is -0.468 e. The third kappa shape index (κ3) is 4.51. The van der Waals surface area contributed by atoms with Crippen LogP contribution < -0.4 is 0 Å². The zero-order valence-corrected chi connectivity index (χ0v) is 15.0. The van der Waals surface area contributed by atoms with Crippen molar-refractivity contribution in [2.75, 3.05) is 39.3 Å². The number of hydrogen-bond donors (Lipinski definition) is 0. The van der Waals surface area contributed by atoms with Crippen molar-refractivity contribution in [3.05, 3.63) is 60.1 Å². The van der Waals surface area contributed by atoms with Gasteiger partial charge in [-0.2, -0.15) is 0 Å². The Labute approximate surface area is 151 Å². The summed E-state index contributed by atoms with van der Waals surface area (Å²) in [6.45, 7) is 9.23. The highest BCUT2D eigenvalue weighted by Gasteiger charge is 2.27. The van der Waals surface area contributed by atoms with Crippen LogP contribution in [0.5, 0.6) is 0 Å². The molecular weight excluding hydrogens is 310 g/mol. The second-order valence-corrected chi connectivity index (χ2v) is 7.38. The smallest absolute Gasteiger partial charge is 0.117 e. The van der Waals surface area contributed by atoms with Gasteiger partial charge in [-0.3, -0.25) is 14.7 Å². The van der Waals surface area contributed by atoms with Gasteiger partial charge in [0.15, 0.2) is 0 Å². The monoisotopic (exact) mass is 339 g/mol. The highest BCUT2D eigenvalue weighted by Crippen LogP contribution is 2.20. The number of furan rings is 1. The van der Waals surface area contributed by atoms with Crippen LogP contribution in [-0.2, 0) is 13.1 Å². The molecule has 1 aromatic carbocycles. The van der Waals surface area contributed by atoms with Gasteiger partial charge in [0.1, 0.15) is 5.76 Å². The molecule has 2 aliphatic rings. The van der Waals surface area contributed by atoms with Gasteiger partial charge < -0.3 is 4.42 Å². The first-order valence-corrected chi connectivity index (χ1v) is 9.62. The molecule has 3 heterocycles. The average molecular weight is 339 g/mol. The lowest BCUT2D eigenvalue weighted by molar-refractivity contribution is 0.0528. The molecule has 0 atom stereocenters. The van der Waals surface area contributed by atoms with Crippen LogP contribution in [0.15, 0.2) is 53.1 Å². The van der Waals surface area contributed by atoms with Crippen molar-refractivity contribution in [3.63, 3.8) is 0 Å². The third-order valence-electron chi connectivity index (χ3n) is 5.69. The molecule has 0 unspecified atom stereocenters. The topological polar surface area (TPSA) is 22.9 Å². The lowest BCUT2D eigenvalue weighted by Crippen LogP contribution is -2.52. The predicted octanol–water partition coefficient (Wildman–Crippen LogP) is 3.06. The van der Waals surface area contributed by atoms with E-state index < -0.39 is 0 Å². The molecule has 25 heavy (non-hydrogen) atoms. The van der Waals surface area contributed by atoms with E-state index in [0.29, 0.717) is 0 Å². The van der Waals surface area contributed by atoms with Crippen LogP contribution in [0.3, 0.4) is 0 Å². The molecule has 0 amide bonds. The summed E-state index contributed by atoms with van der Waals surface area (Å²) in [5.41, 5.74) is 1.44. The van der Waals surface area contributed by atoms with E-state index in [1.165, 1.54) is 44.6 Å². The first-order chi connectivity index (χ1) is 12.4. The van der Waals surface area contributed by atoms with Crippen molar-refractivity contribution in [3.8, 4) is 0 Å². The summed E-state index contributed by atoms with van der Waals surface area (Å²) in [4.78, 5) is 7.84. The Morgan fingerprint density at radius 2 is 1.48 bits per heavy atom. The molecule has 2 aliphatic heterocycles. The van der Waals surface area contributed by atoms with E-state index in [1.807, 2.05) is 6.07 Å². The first-order valence-electron chi connectivity index (χ1n) is 9.62. The van der Waals surface area contributed by atoms with Gasteiger partial charge in [0.25, 0.3) is 0 Å². The molecular formula is C21H29N3O. The minimum atomic E-state index is 0.776. The minimum absolute atomic E-state index is 0.776. The van der Waals surface area contributed by atoms with Gasteiger partial charge in [-0.15, -0.1) is 0 Å². The number of nitrogens with zero attached hydrogens (tertiary/aromatic N) is 3. The molecule has 0 aliphatic carbocycles. The molecule has 134 valence electrons. The van der Waals surface area contributed by atoms with Crippen molar-refractivity contribution >= 4 is 0 Å². The largest absolute Gasteiger partial charge is 0.468 e. The van der Waals surface area contributed by atoms with Crippen molar-refractivity contribution in [2.24, 2.45) is 0 Å². The van der Waals surface area contributed by atoms with Crippen molar-refractivity contribution in [1.82, 2.24) is 14.7 Å². The van der Waals surface area contributed by atoms with Crippen LogP contribution in [0.4, 0.5) is 0 Å². The van der Waals surface area contributed by atoms with Gasteiger partial charge in [0, 0.05) is 38.8 Å². The fourth-order valence-electron chi connectivity index (χ4n) is 4.19. The first kappa shape index (κ1) is 16.8. The van der Waals surface area contributed by atoms with Gasteiger partial charge in [0.2, 0.25) is 0 Å². The summed E-state index contributed by atoms with van der Waals surface area (Å²) in [5, 5.41) is 0. The molecule has 0 radical (unpaired) electrons. The number of rotatable bonds is 5. The molecule has 0 N–H and O–H groups in total. The second-order valence-electron chi connectivity index (χ2n) is 7.38. The van der Waals surface area contributed by atoms with Crippen LogP contribution in [0.1, 0.15) is 24.2 Å². The number of piperazine rings is 1. The Bertz CT molecular complexity index is 612. The maximum atomic E-state index is 5.48. The van der Waals surface area contributed by atoms with Gasteiger partial charge >= 0.3 is 0 Å². The predicted molar refractivity (Wildman–Crippen MR) is 100 cm³/mol. The summed E-state index contributed by atoms with van der Waals surface area (Å²) in [6.07, 6.45) is 4.39. The van der Waals surface area contributed by atoms with E-state index in [1.54, 1.807) is 6.26 Å². The standard InChI is InChI=1S/C21H29N3O/c1-2-5-19(6-3-1)17-22-10-8-20(9-11-22)24-14-12-23(13-15-24)18-21-7-4-16-25-21/h1-7,16,20H,8-15,17-18H2. The lowest BCUT2D eigenvalue weighted by Gasteiger charge is -2.42. The number of benzene rings is 1. The van der Waals surface area contributed by atoms with E-state index in [9.17, 15) is 0 Å². The summed E-state index contributed by atoms with van der Waals surface area (Å²) in [6, 6.07) is 15.7. The Hall–Kier alpha value is -1.62. The van der Waals surface area contributed by atoms with Gasteiger partial charge in [0.05, 0.1) is 12.8 Å². The number of hydrogen-bond acceptors (Lipinski definition) is 4. The summed E-state index contributed by atoms with van der Waals surface area (Å²) in [7, 11) is 0. The lowest BCUT2D eigenvalue weighted by atomic mass is 10.0. The zero-order valence-electron chi connectivity index (χ0n) is 15.0. The second kappa shape index (κ2) is 8.17. The molecule has 0 spiro atoms. The van der Waals surface area contributed by atoms with Gasteiger partial charge in [-0.1, -0.05) is 30.3 Å². The summed E-state index contributed by atoms with van der Waals surface area (Å²) in [5.74, 6) is 1.09. The highest BCUT2D eigenvalue weighted by atomic mass is 16.3. The molecule has 0 bridgehead atoms. The van der Waals surface area contributed by atoms with Crippen LogP contribution in [0.25, 0.3) is 0 Å². The van der Waals surface area contributed by atoms with E-state index in [0.717, 1.165) is 38.0 Å². The maximum Gasteiger partial charge on any atom is 0.117 e. The quantitative estimate of drug-likeness (QED) is 0.835. The molecule has 2 saturated heterocycles. The van der Waals surface area contributed by atoms with Crippen LogP contribution in [0.2, 0.25) is 0 Å². The van der Waals surface area contributed by atoms with Crippen LogP contribution in [-0.4, -0.2) is 60.0 Å². The van der Waals surface area contributed by atoms with Crippen LogP contribution >= 0.6 is 0 Å². The Morgan fingerprint density at radius 1 is 0.760 bits per heavy atom. The maximum absolute atomic E-state index is 5.48. The molecule has 4 rings (SSSR count). The van der Waals surface area contributed by atoms with Gasteiger partial charge in [-0.05, 0) is 43.6 Å². The summed E-state index contributed by atoms with van der Waals surface area (Å²) < 4.78 is 5.48. The van der Waals surface area contributed by atoms with E-state index in [-0.39, 0.29) is 0 Å². The van der Waals surface area contributed by atoms with E-state index in [4.69, 9.17) is 4.42 Å². The van der Waals surface area contributed by atoms with E-state index in [2.05, 4.69) is 51.1 Å². The zero-order chi connectivity index (χ0) is 16.9. The molecule has 4 nitrogen and oxygen atoms in total.